The average molecular weight is 210 g/mol. The van der Waals surface area contributed by atoms with Crippen LogP contribution in [0.15, 0.2) is 23.1 Å². The molecule has 2 heterocycles. The summed E-state index contributed by atoms with van der Waals surface area (Å²) in [7, 11) is 1.67. The van der Waals surface area contributed by atoms with Crippen LogP contribution in [0.2, 0.25) is 0 Å². The highest BCUT2D eigenvalue weighted by atomic mass is 32.1. The fraction of sp³-hybridized carbons (Fsp3) is 0.125. The van der Waals surface area contributed by atoms with Gasteiger partial charge in [0.2, 0.25) is 0 Å². The van der Waals surface area contributed by atoms with Gasteiger partial charge in [-0.05, 0) is 24.4 Å². The second-order valence-electron chi connectivity index (χ2n) is 2.59. The van der Waals surface area contributed by atoms with Crippen molar-refractivity contribution < 1.29 is 0 Å². The van der Waals surface area contributed by atoms with Gasteiger partial charge in [-0.3, -0.25) is 9.36 Å². The third kappa shape index (κ3) is 1.30. The lowest BCUT2D eigenvalue weighted by atomic mass is 10.4. The second kappa shape index (κ2) is 3.01. The van der Waals surface area contributed by atoms with Crippen molar-refractivity contribution in [2.75, 3.05) is 0 Å². The molecule has 0 saturated heterocycles. The van der Waals surface area contributed by atoms with E-state index in [1.807, 2.05) is 0 Å². The molecule has 0 atom stereocenters. The van der Waals surface area contributed by atoms with Crippen LogP contribution in [-0.4, -0.2) is 9.55 Å². The number of rotatable bonds is 0. The Kier molecular flexibility index (Phi) is 1.97. The SMILES string of the molecule is Cn1c(=S)sc2ncccc2c1=O. The Morgan fingerprint density at radius 2 is 2.38 bits per heavy atom. The van der Waals surface area contributed by atoms with Gasteiger partial charge in [-0.15, -0.1) is 0 Å². The summed E-state index contributed by atoms with van der Waals surface area (Å²) in [5.74, 6) is 0. The lowest BCUT2D eigenvalue weighted by Crippen LogP contribution is -2.16. The predicted octanol–water partition coefficient (Wildman–Crippen LogP) is 1.72. The van der Waals surface area contributed by atoms with Crippen molar-refractivity contribution in [1.82, 2.24) is 9.55 Å². The van der Waals surface area contributed by atoms with Crippen LogP contribution in [0.25, 0.3) is 10.2 Å². The zero-order chi connectivity index (χ0) is 9.42. The van der Waals surface area contributed by atoms with Crippen LogP contribution in [-0.2, 0) is 7.05 Å². The molecular formula is C8H6N2OS2. The van der Waals surface area contributed by atoms with E-state index >= 15 is 0 Å². The number of nitrogens with zero attached hydrogens (tertiary/aromatic N) is 2. The van der Waals surface area contributed by atoms with Crippen molar-refractivity contribution in [3.63, 3.8) is 0 Å². The molecule has 0 N–H and O–H groups in total. The number of hydrogen-bond acceptors (Lipinski definition) is 4. The van der Waals surface area contributed by atoms with Crippen molar-refractivity contribution in [1.29, 1.82) is 0 Å². The van der Waals surface area contributed by atoms with E-state index in [9.17, 15) is 4.79 Å². The van der Waals surface area contributed by atoms with E-state index < -0.39 is 0 Å². The number of fused-ring (bicyclic) bond motifs is 1. The minimum absolute atomic E-state index is 0.0770. The van der Waals surface area contributed by atoms with Gasteiger partial charge in [0.1, 0.15) is 4.83 Å². The summed E-state index contributed by atoms with van der Waals surface area (Å²) in [6.45, 7) is 0. The molecule has 0 fully saturated rings. The second-order valence-corrected chi connectivity index (χ2v) is 4.21. The molecule has 2 aromatic heterocycles. The minimum Gasteiger partial charge on any atom is -0.294 e. The van der Waals surface area contributed by atoms with Gasteiger partial charge in [-0.25, -0.2) is 4.98 Å². The first-order valence-corrected chi connectivity index (χ1v) is 4.87. The summed E-state index contributed by atoms with van der Waals surface area (Å²) < 4.78 is 2.01. The molecule has 13 heavy (non-hydrogen) atoms. The van der Waals surface area contributed by atoms with Crippen LogP contribution in [0.3, 0.4) is 0 Å². The zero-order valence-electron chi connectivity index (χ0n) is 6.85. The Balaban J connectivity index is 3.12. The number of aromatic nitrogens is 2. The lowest BCUT2D eigenvalue weighted by molar-refractivity contribution is 0.875. The van der Waals surface area contributed by atoms with E-state index in [1.165, 1.54) is 15.9 Å². The van der Waals surface area contributed by atoms with Gasteiger partial charge in [0.15, 0.2) is 3.95 Å². The molecular weight excluding hydrogens is 204 g/mol. The van der Waals surface area contributed by atoms with Crippen molar-refractivity contribution in [3.8, 4) is 0 Å². The summed E-state index contributed by atoms with van der Waals surface area (Å²) in [6, 6.07) is 3.51. The molecule has 0 aliphatic carbocycles. The van der Waals surface area contributed by atoms with Gasteiger partial charge in [0, 0.05) is 13.2 Å². The van der Waals surface area contributed by atoms with E-state index in [-0.39, 0.29) is 5.56 Å². The number of pyridine rings is 1. The maximum absolute atomic E-state index is 11.6. The Bertz CT molecular complexity index is 570. The standard InChI is InChI=1S/C8H6N2OS2/c1-10-7(11)5-3-2-4-9-6(5)13-8(10)12/h2-4H,1H3. The highest BCUT2D eigenvalue weighted by Crippen LogP contribution is 2.11. The van der Waals surface area contributed by atoms with E-state index in [1.54, 1.807) is 25.4 Å². The Morgan fingerprint density at radius 3 is 3.15 bits per heavy atom. The third-order valence-electron chi connectivity index (χ3n) is 1.76. The topological polar surface area (TPSA) is 34.9 Å². The van der Waals surface area contributed by atoms with Crippen LogP contribution >= 0.6 is 23.6 Å². The fourth-order valence-electron chi connectivity index (χ4n) is 1.05. The third-order valence-corrected chi connectivity index (χ3v) is 3.26. The zero-order valence-corrected chi connectivity index (χ0v) is 8.48. The van der Waals surface area contributed by atoms with E-state index in [0.717, 1.165) is 0 Å². The van der Waals surface area contributed by atoms with Gasteiger partial charge >= 0.3 is 0 Å². The maximum atomic E-state index is 11.6. The van der Waals surface area contributed by atoms with Crippen LogP contribution in [0.4, 0.5) is 0 Å². The summed E-state index contributed by atoms with van der Waals surface area (Å²) in [5.41, 5.74) is -0.0770. The average Bonchev–Trinajstić information content (AvgIpc) is 2.15. The minimum atomic E-state index is -0.0770. The van der Waals surface area contributed by atoms with Gasteiger partial charge in [-0.2, -0.15) is 0 Å². The highest BCUT2D eigenvalue weighted by Gasteiger charge is 2.01. The first-order valence-electron chi connectivity index (χ1n) is 3.65. The molecule has 0 aliphatic heterocycles. The lowest BCUT2D eigenvalue weighted by Gasteiger charge is -1.98. The molecule has 0 saturated carbocycles. The first-order chi connectivity index (χ1) is 6.20. The molecule has 0 unspecified atom stereocenters. The molecule has 0 radical (unpaired) electrons. The molecule has 3 nitrogen and oxygen atoms in total. The Hall–Kier alpha value is -1.07. The van der Waals surface area contributed by atoms with E-state index in [2.05, 4.69) is 4.98 Å². The van der Waals surface area contributed by atoms with Gasteiger partial charge < -0.3 is 0 Å². The van der Waals surface area contributed by atoms with Crippen LogP contribution < -0.4 is 5.56 Å². The van der Waals surface area contributed by atoms with Gasteiger partial charge in [0.25, 0.3) is 5.56 Å². The summed E-state index contributed by atoms with van der Waals surface area (Å²) in [5, 5.41) is 0.628. The molecule has 5 heteroatoms. The molecule has 0 bridgehead atoms. The Labute approximate surface area is 83.3 Å². The molecule has 0 aromatic carbocycles. The molecule has 0 spiro atoms. The molecule has 0 amide bonds. The quantitative estimate of drug-likeness (QED) is 0.621. The molecule has 2 rings (SSSR count). The van der Waals surface area contributed by atoms with Crippen LogP contribution in [0.5, 0.6) is 0 Å². The van der Waals surface area contributed by atoms with E-state index in [0.29, 0.717) is 14.2 Å². The number of hydrogen-bond donors (Lipinski definition) is 0. The predicted molar refractivity (Wildman–Crippen MR) is 55.7 cm³/mol. The van der Waals surface area contributed by atoms with Crippen molar-refractivity contribution in [3.05, 3.63) is 32.6 Å². The first kappa shape index (κ1) is 8.52. The smallest absolute Gasteiger partial charge is 0.262 e. The van der Waals surface area contributed by atoms with Gasteiger partial charge in [-0.1, -0.05) is 11.3 Å². The monoisotopic (exact) mass is 210 g/mol. The van der Waals surface area contributed by atoms with Crippen molar-refractivity contribution >= 4 is 33.8 Å². The van der Waals surface area contributed by atoms with Crippen LogP contribution in [0, 0.1) is 3.95 Å². The van der Waals surface area contributed by atoms with Crippen molar-refractivity contribution in [2.24, 2.45) is 7.05 Å². The highest BCUT2D eigenvalue weighted by molar-refractivity contribution is 7.73. The largest absolute Gasteiger partial charge is 0.294 e. The van der Waals surface area contributed by atoms with Crippen LogP contribution in [0.1, 0.15) is 0 Å². The molecule has 0 aliphatic rings. The molecule has 2 aromatic rings. The fourth-order valence-corrected chi connectivity index (χ4v) is 2.13. The summed E-state index contributed by atoms with van der Waals surface area (Å²) in [6.07, 6.45) is 1.66. The molecule has 66 valence electrons. The van der Waals surface area contributed by atoms with Crippen molar-refractivity contribution in [2.45, 2.75) is 0 Å². The van der Waals surface area contributed by atoms with Gasteiger partial charge in [0.05, 0.1) is 5.39 Å². The van der Waals surface area contributed by atoms with E-state index in [4.69, 9.17) is 12.2 Å². The summed E-state index contributed by atoms with van der Waals surface area (Å²) in [4.78, 5) is 16.4. The maximum Gasteiger partial charge on any atom is 0.262 e. The normalized spacial score (nSPS) is 10.5. The summed E-state index contributed by atoms with van der Waals surface area (Å²) >= 11 is 6.36. The Morgan fingerprint density at radius 1 is 1.62 bits per heavy atom.